The Morgan fingerprint density at radius 2 is 1.97 bits per heavy atom. The number of aromatic nitrogens is 5. The van der Waals surface area contributed by atoms with E-state index in [0.29, 0.717) is 31.7 Å². The molecule has 0 radical (unpaired) electrons. The molecule has 0 spiro atoms. The van der Waals surface area contributed by atoms with Crippen LogP contribution >= 0.6 is 0 Å². The van der Waals surface area contributed by atoms with Crippen molar-refractivity contribution < 1.29 is 14.2 Å². The topological polar surface area (TPSA) is 107 Å². The van der Waals surface area contributed by atoms with E-state index in [1.807, 2.05) is 28.9 Å². The number of nitrogens with one attached hydrogen (secondary N) is 1. The molecule has 2 aromatic heterocycles. The first kappa shape index (κ1) is 22.0. The average Bonchev–Trinajstić information content (AvgIpc) is 3.59. The van der Waals surface area contributed by atoms with Crippen LogP contribution in [0.15, 0.2) is 29.1 Å². The quantitative estimate of drug-likeness (QED) is 0.522. The van der Waals surface area contributed by atoms with Gasteiger partial charge in [-0.05, 0) is 60.4 Å². The van der Waals surface area contributed by atoms with Crippen LogP contribution in [0, 0.1) is 0 Å². The van der Waals surface area contributed by atoms with Crippen molar-refractivity contribution >= 4 is 10.9 Å². The zero-order valence-electron chi connectivity index (χ0n) is 18.9. The maximum atomic E-state index is 12.9. The fraction of sp³-hybridized carbons (Fsp3) is 0.565. The minimum atomic E-state index is -0.0936. The van der Waals surface area contributed by atoms with Crippen LogP contribution in [0.2, 0.25) is 0 Å². The molecule has 2 aliphatic rings. The van der Waals surface area contributed by atoms with Crippen LogP contribution < -0.4 is 10.3 Å². The van der Waals surface area contributed by atoms with Crippen molar-refractivity contribution in [3.63, 3.8) is 0 Å². The van der Waals surface area contributed by atoms with Crippen LogP contribution in [0.1, 0.15) is 37.1 Å². The van der Waals surface area contributed by atoms with Gasteiger partial charge in [0.1, 0.15) is 5.75 Å². The van der Waals surface area contributed by atoms with E-state index in [1.54, 1.807) is 7.11 Å². The number of nitrogens with zero attached hydrogens (tertiary/aromatic N) is 5. The molecular weight excluding hydrogens is 424 g/mol. The van der Waals surface area contributed by atoms with Gasteiger partial charge < -0.3 is 19.2 Å². The maximum absolute atomic E-state index is 12.9. The lowest BCUT2D eigenvalue weighted by molar-refractivity contribution is 0.0647. The molecule has 33 heavy (non-hydrogen) atoms. The van der Waals surface area contributed by atoms with Gasteiger partial charge in [0.15, 0.2) is 5.82 Å². The first-order valence-electron chi connectivity index (χ1n) is 11.6. The average molecular weight is 455 g/mol. The minimum absolute atomic E-state index is 0.0936. The molecule has 2 atom stereocenters. The Morgan fingerprint density at radius 3 is 2.73 bits per heavy atom. The van der Waals surface area contributed by atoms with E-state index in [-0.39, 0.29) is 17.8 Å². The van der Waals surface area contributed by atoms with Gasteiger partial charge in [-0.1, -0.05) is 0 Å². The summed E-state index contributed by atoms with van der Waals surface area (Å²) in [5.41, 5.74) is 1.38. The van der Waals surface area contributed by atoms with Gasteiger partial charge in [0, 0.05) is 42.8 Å². The van der Waals surface area contributed by atoms with Crippen molar-refractivity contribution in [2.45, 2.75) is 57.5 Å². The van der Waals surface area contributed by atoms with Crippen LogP contribution in [-0.4, -0.2) is 69.2 Å². The first-order valence-corrected chi connectivity index (χ1v) is 11.6. The molecule has 1 aromatic carbocycles. The van der Waals surface area contributed by atoms with Gasteiger partial charge >= 0.3 is 0 Å². The number of rotatable bonds is 9. The summed E-state index contributed by atoms with van der Waals surface area (Å²) in [5, 5.41) is 13.3. The highest BCUT2D eigenvalue weighted by Crippen LogP contribution is 2.21. The van der Waals surface area contributed by atoms with Gasteiger partial charge in [0.2, 0.25) is 0 Å². The third-order valence-electron chi connectivity index (χ3n) is 6.38. The second-order valence-electron chi connectivity index (χ2n) is 8.79. The monoisotopic (exact) mass is 454 g/mol. The lowest BCUT2D eigenvalue weighted by Crippen LogP contribution is -2.34. The Hall–Kier alpha value is -2.82. The molecule has 0 saturated carbocycles. The molecule has 5 rings (SSSR count). The molecule has 3 aromatic rings. The summed E-state index contributed by atoms with van der Waals surface area (Å²) in [4.78, 5) is 18.0. The van der Waals surface area contributed by atoms with Gasteiger partial charge in [-0.15, -0.1) is 5.10 Å². The van der Waals surface area contributed by atoms with Crippen molar-refractivity contribution in [1.82, 2.24) is 30.1 Å². The summed E-state index contributed by atoms with van der Waals surface area (Å²) >= 11 is 0. The van der Waals surface area contributed by atoms with Crippen LogP contribution in [0.3, 0.4) is 0 Å². The normalized spacial score (nSPS) is 20.8. The largest absolute Gasteiger partial charge is 0.497 e. The Bertz CT molecular complexity index is 1130. The van der Waals surface area contributed by atoms with Crippen LogP contribution in [0.5, 0.6) is 5.75 Å². The Morgan fingerprint density at radius 1 is 1.15 bits per heavy atom. The molecule has 0 bridgehead atoms. The predicted octanol–water partition coefficient (Wildman–Crippen LogP) is 1.88. The number of fused-ring (bicyclic) bond motifs is 1. The third-order valence-corrected chi connectivity index (χ3v) is 6.38. The fourth-order valence-corrected chi connectivity index (χ4v) is 4.64. The van der Waals surface area contributed by atoms with Crippen molar-refractivity contribution in [2.24, 2.45) is 0 Å². The summed E-state index contributed by atoms with van der Waals surface area (Å²) in [6.07, 6.45) is 4.47. The molecule has 0 unspecified atom stereocenters. The lowest BCUT2D eigenvalue weighted by Gasteiger charge is -2.25. The Balaban J connectivity index is 1.38. The minimum Gasteiger partial charge on any atom is -0.497 e. The van der Waals surface area contributed by atoms with Crippen molar-refractivity contribution in [1.29, 1.82) is 0 Å². The number of tetrazole rings is 1. The second kappa shape index (κ2) is 9.98. The molecule has 2 saturated heterocycles. The smallest absolute Gasteiger partial charge is 0.252 e. The SMILES string of the molecule is COc1ccc2[nH]c(=O)c(CN(Cc3nnnn3C[C@H]3CCCO3)C[C@H]3CCCO3)cc2c1. The van der Waals surface area contributed by atoms with Gasteiger partial charge in [-0.25, -0.2) is 4.68 Å². The molecular formula is C23H30N6O4. The van der Waals surface area contributed by atoms with Crippen LogP contribution in [0.25, 0.3) is 10.9 Å². The van der Waals surface area contributed by atoms with Gasteiger partial charge in [-0.2, -0.15) is 0 Å². The van der Waals surface area contributed by atoms with Crippen molar-refractivity contribution in [3.05, 3.63) is 46.0 Å². The summed E-state index contributed by atoms with van der Waals surface area (Å²) in [6, 6.07) is 7.58. The second-order valence-corrected chi connectivity index (χ2v) is 8.79. The summed E-state index contributed by atoms with van der Waals surface area (Å²) in [7, 11) is 1.64. The zero-order chi connectivity index (χ0) is 22.6. The Labute approximate surface area is 191 Å². The molecule has 10 heteroatoms. The standard InChI is InChI=1S/C23H30N6O4/c1-31-18-6-7-21-16(11-18)10-17(23(30)24-21)12-28(13-19-4-2-8-32-19)15-22-25-26-27-29(22)14-20-5-3-9-33-20/h6-7,10-11,19-20H,2-5,8-9,12-15H2,1H3,(H,24,30)/t19-,20-/m1/s1. The Kier molecular flexibility index (Phi) is 6.65. The summed E-state index contributed by atoms with van der Waals surface area (Å²) in [6.45, 7) is 3.92. The fourth-order valence-electron chi connectivity index (χ4n) is 4.64. The predicted molar refractivity (Wildman–Crippen MR) is 121 cm³/mol. The van der Waals surface area contributed by atoms with Gasteiger partial charge in [-0.3, -0.25) is 9.69 Å². The molecule has 1 N–H and O–H groups in total. The van der Waals surface area contributed by atoms with Crippen LogP contribution in [0.4, 0.5) is 0 Å². The highest BCUT2D eigenvalue weighted by atomic mass is 16.5. The molecule has 2 aliphatic heterocycles. The molecule has 4 heterocycles. The number of hydrogen-bond donors (Lipinski definition) is 1. The van der Waals surface area contributed by atoms with Gasteiger partial charge in [0.25, 0.3) is 5.56 Å². The molecule has 10 nitrogen and oxygen atoms in total. The van der Waals surface area contributed by atoms with E-state index in [2.05, 4.69) is 25.4 Å². The third kappa shape index (κ3) is 5.23. The van der Waals surface area contributed by atoms with E-state index < -0.39 is 0 Å². The van der Waals surface area contributed by atoms with Gasteiger partial charge in [0.05, 0.1) is 32.4 Å². The van der Waals surface area contributed by atoms with Crippen LogP contribution in [-0.2, 0) is 29.1 Å². The lowest BCUT2D eigenvalue weighted by atomic mass is 10.1. The van der Waals surface area contributed by atoms with E-state index in [1.165, 1.54) is 0 Å². The van der Waals surface area contributed by atoms with E-state index in [4.69, 9.17) is 14.2 Å². The number of ether oxygens (including phenoxy) is 3. The molecule has 0 aliphatic carbocycles. The highest BCUT2D eigenvalue weighted by molar-refractivity contribution is 5.80. The van der Waals surface area contributed by atoms with E-state index in [9.17, 15) is 4.79 Å². The van der Waals surface area contributed by atoms with E-state index >= 15 is 0 Å². The summed E-state index contributed by atoms with van der Waals surface area (Å²) < 4.78 is 18.8. The first-order chi connectivity index (χ1) is 16.2. The van der Waals surface area contributed by atoms with Crippen molar-refractivity contribution in [3.8, 4) is 5.75 Å². The zero-order valence-corrected chi connectivity index (χ0v) is 18.9. The number of aromatic amines is 1. The number of H-pyrrole nitrogens is 1. The van der Waals surface area contributed by atoms with Crippen molar-refractivity contribution in [2.75, 3.05) is 26.9 Å². The summed E-state index contributed by atoms with van der Waals surface area (Å²) in [5.74, 6) is 1.52. The number of methoxy groups -OCH3 is 1. The number of hydrogen-bond acceptors (Lipinski definition) is 8. The number of benzene rings is 1. The highest BCUT2D eigenvalue weighted by Gasteiger charge is 2.24. The number of pyridine rings is 1. The maximum Gasteiger partial charge on any atom is 0.252 e. The van der Waals surface area contributed by atoms with E-state index in [0.717, 1.165) is 61.4 Å². The molecule has 2 fully saturated rings. The molecule has 176 valence electrons. The molecule has 0 amide bonds.